The van der Waals surface area contributed by atoms with Crippen LogP contribution in [-0.4, -0.2) is 4.57 Å². The Bertz CT molecular complexity index is 742. The van der Waals surface area contributed by atoms with E-state index in [2.05, 4.69) is 9.98 Å². The number of para-hydroxylation sites is 2. The first-order chi connectivity index (χ1) is 9.83. The van der Waals surface area contributed by atoms with Gasteiger partial charge >= 0.3 is 0 Å². The molecule has 0 saturated carbocycles. The Labute approximate surface area is 124 Å². The Morgan fingerprint density at radius 1 is 0.700 bits per heavy atom. The van der Waals surface area contributed by atoms with E-state index in [1.165, 1.54) is 0 Å². The molecule has 0 spiro atoms. The summed E-state index contributed by atoms with van der Waals surface area (Å²) in [6.45, 7) is 0. The van der Waals surface area contributed by atoms with Gasteiger partial charge in [-0.3, -0.25) is 4.57 Å². The Morgan fingerprint density at radius 2 is 1.10 bits per heavy atom. The number of aromatic nitrogens is 1. The Morgan fingerprint density at radius 3 is 1.50 bits per heavy atom. The molecule has 20 heavy (non-hydrogen) atoms. The summed E-state index contributed by atoms with van der Waals surface area (Å²) in [6.07, 6.45) is 0. The van der Waals surface area contributed by atoms with Crippen molar-refractivity contribution in [2.45, 2.75) is 0 Å². The van der Waals surface area contributed by atoms with Crippen LogP contribution in [-0.2, 0) is 7.05 Å². The molecule has 0 bridgehead atoms. The molecule has 0 aliphatic heterocycles. The van der Waals surface area contributed by atoms with Crippen LogP contribution in [0.15, 0.2) is 70.6 Å². The van der Waals surface area contributed by atoms with E-state index in [9.17, 15) is 0 Å². The lowest BCUT2D eigenvalue weighted by Gasteiger charge is -1.93. The Kier molecular flexibility index (Phi) is 3.90. The van der Waals surface area contributed by atoms with Gasteiger partial charge in [0.05, 0.1) is 11.4 Å². The third-order valence-electron chi connectivity index (χ3n) is 2.73. The average Bonchev–Trinajstić information content (AvgIpc) is 2.83. The van der Waals surface area contributed by atoms with Crippen molar-refractivity contribution in [1.82, 2.24) is 4.57 Å². The van der Waals surface area contributed by atoms with Crippen LogP contribution in [0.5, 0.6) is 0 Å². The molecule has 3 rings (SSSR count). The second-order valence-corrected chi connectivity index (χ2v) is 6.25. The Hall–Kier alpha value is -1.98. The van der Waals surface area contributed by atoms with E-state index in [1.54, 1.807) is 20.7 Å². The van der Waals surface area contributed by atoms with Crippen LogP contribution in [0, 0.1) is 0 Å². The van der Waals surface area contributed by atoms with Gasteiger partial charge in [-0.15, -0.1) is 0 Å². The van der Waals surface area contributed by atoms with E-state index in [-0.39, 0.29) is 0 Å². The minimum absolute atomic E-state index is 0.955. The maximum absolute atomic E-state index is 4.63. The molecule has 0 N–H and O–H groups in total. The molecule has 1 aromatic heterocycles. The minimum Gasteiger partial charge on any atom is -0.295 e. The summed E-state index contributed by atoms with van der Waals surface area (Å²) in [7, 11) is 5.27. The van der Waals surface area contributed by atoms with Crippen molar-refractivity contribution >= 4 is 32.1 Å². The fourth-order valence-electron chi connectivity index (χ4n) is 1.68. The highest BCUT2D eigenvalue weighted by molar-refractivity contribution is 7.67. The van der Waals surface area contributed by atoms with Gasteiger partial charge in [-0.05, 0) is 44.9 Å². The molecule has 0 unspecified atom stereocenters. The van der Waals surface area contributed by atoms with Gasteiger partial charge in [-0.1, -0.05) is 36.4 Å². The molecule has 0 atom stereocenters. The van der Waals surface area contributed by atoms with Gasteiger partial charge in [0.25, 0.3) is 0 Å². The van der Waals surface area contributed by atoms with Gasteiger partial charge in [0.2, 0.25) is 9.60 Å². The quantitative estimate of drug-likeness (QED) is 0.647. The molecular weight excluding hydrogens is 286 g/mol. The van der Waals surface area contributed by atoms with Gasteiger partial charge in [-0.25, -0.2) is 9.98 Å². The third kappa shape index (κ3) is 2.95. The molecule has 3 aromatic rings. The first-order valence-corrected chi connectivity index (χ1v) is 8.33. The summed E-state index contributed by atoms with van der Waals surface area (Å²) in [5.74, 6) is 0. The van der Waals surface area contributed by atoms with Crippen molar-refractivity contribution in [3.8, 4) is 0 Å². The van der Waals surface area contributed by atoms with Crippen molar-refractivity contribution in [2.24, 2.45) is 17.0 Å². The molecule has 1 heterocycles. The van der Waals surface area contributed by atoms with Crippen molar-refractivity contribution in [1.29, 1.82) is 0 Å². The fourth-order valence-corrected chi connectivity index (χ4v) is 3.91. The predicted octanol–water partition coefficient (Wildman–Crippen LogP) is 3.61. The normalized spacial score (nSPS) is 12.8. The van der Waals surface area contributed by atoms with E-state index < -0.39 is 0 Å². The highest BCUT2D eigenvalue weighted by atomic mass is 32.9. The van der Waals surface area contributed by atoms with Crippen molar-refractivity contribution in [3.63, 3.8) is 0 Å². The summed E-state index contributed by atoms with van der Waals surface area (Å²) >= 11 is 0. The Balaban J connectivity index is 2.06. The molecule has 2 aromatic carbocycles. The zero-order valence-corrected chi connectivity index (χ0v) is 12.6. The number of rotatable bonds is 2. The number of hydrogen-bond acceptors (Lipinski definition) is 4. The summed E-state index contributed by atoms with van der Waals surface area (Å²) in [6, 6.07) is 19.9. The summed E-state index contributed by atoms with van der Waals surface area (Å²) in [4.78, 5) is 11.2. The lowest BCUT2D eigenvalue weighted by atomic mass is 10.3. The van der Waals surface area contributed by atoms with E-state index in [0.29, 0.717) is 0 Å². The molecule has 0 amide bonds. The van der Waals surface area contributed by atoms with Crippen LogP contribution >= 0.6 is 20.7 Å². The second-order valence-electron chi connectivity index (χ2n) is 4.19. The van der Waals surface area contributed by atoms with Crippen LogP contribution in [0.4, 0.5) is 11.4 Å². The fraction of sp³-hybridized carbons (Fsp3) is 0.0667. The monoisotopic (exact) mass is 299 g/mol. The van der Waals surface area contributed by atoms with Gasteiger partial charge < -0.3 is 0 Å². The summed E-state index contributed by atoms with van der Waals surface area (Å²) in [5.41, 5.74) is 1.92. The van der Waals surface area contributed by atoms with Crippen molar-refractivity contribution < 1.29 is 0 Å². The molecule has 0 radical (unpaired) electrons. The maximum Gasteiger partial charge on any atom is 0.202 e. The molecule has 0 aliphatic rings. The van der Waals surface area contributed by atoms with E-state index >= 15 is 0 Å². The first kappa shape index (κ1) is 13.0. The SMILES string of the molecule is Cn1c(=Nc2ccccc2)ssc1=Nc1ccccc1. The third-order valence-corrected chi connectivity index (χ3v) is 4.98. The molecule has 0 aliphatic carbocycles. The van der Waals surface area contributed by atoms with Crippen LogP contribution < -0.4 is 9.60 Å². The number of hydrogen-bond donors (Lipinski definition) is 0. The van der Waals surface area contributed by atoms with Gasteiger partial charge in [0.1, 0.15) is 0 Å². The van der Waals surface area contributed by atoms with Crippen LogP contribution in [0.2, 0.25) is 0 Å². The highest BCUT2D eigenvalue weighted by Crippen LogP contribution is 2.10. The topological polar surface area (TPSA) is 29.6 Å². The second kappa shape index (κ2) is 5.98. The molecular formula is C15H13N3S2. The largest absolute Gasteiger partial charge is 0.295 e. The molecule has 3 nitrogen and oxygen atoms in total. The zero-order chi connectivity index (χ0) is 13.8. The summed E-state index contributed by atoms with van der Waals surface area (Å²) < 4.78 is 2.02. The number of nitrogens with zero attached hydrogens (tertiary/aromatic N) is 3. The minimum atomic E-state index is 0.955. The van der Waals surface area contributed by atoms with E-state index in [1.807, 2.05) is 72.3 Å². The van der Waals surface area contributed by atoms with Crippen LogP contribution in [0.25, 0.3) is 0 Å². The summed E-state index contributed by atoms with van der Waals surface area (Å²) in [5, 5.41) is 0. The van der Waals surface area contributed by atoms with E-state index in [4.69, 9.17) is 0 Å². The standard InChI is InChI=1S/C15H13N3S2/c1-18-14(16-12-8-4-2-5-9-12)19-20-15(18)17-13-10-6-3-7-11-13/h2-11H,1H3. The predicted molar refractivity (Wildman–Crippen MR) is 84.5 cm³/mol. The lowest BCUT2D eigenvalue weighted by molar-refractivity contribution is 0.829. The van der Waals surface area contributed by atoms with Crippen molar-refractivity contribution in [3.05, 3.63) is 70.3 Å². The van der Waals surface area contributed by atoms with Gasteiger partial charge in [0.15, 0.2) is 0 Å². The first-order valence-electron chi connectivity index (χ1n) is 6.19. The maximum atomic E-state index is 4.63. The molecule has 0 saturated heterocycles. The lowest BCUT2D eigenvalue weighted by Crippen LogP contribution is -2.21. The molecule has 5 heteroatoms. The van der Waals surface area contributed by atoms with Crippen LogP contribution in [0.1, 0.15) is 0 Å². The molecule has 100 valence electrons. The van der Waals surface area contributed by atoms with Gasteiger partial charge in [0, 0.05) is 7.05 Å². The average molecular weight is 299 g/mol. The number of benzene rings is 2. The zero-order valence-electron chi connectivity index (χ0n) is 10.9. The van der Waals surface area contributed by atoms with Crippen LogP contribution in [0.3, 0.4) is 0 Å². The molecule has 0 fully saturated rings. The van der Waals surface area contributed by atoms with Crippen molar-refractivity contribution in [2.75, 3.05) is 0 Å². The van der Waals surface area contributed by atoms with E-state index in [0.717, 1.165) is 21.0 Å². The smallest absolute Gasteiger partial charge is 0.202 e. The van der Waals surface area contributed by atoms with Gasteiger partial charge in [-0.2, -0.15) is 0 Å². The highest BCUT2D eigenvalue weighted by Gasteiger charge is 1.97.